The summed E-state index contributed by atoms with van der Waals surface area (Å²) in [5, 5.41) is 0.385. The summed E-state index contributed by atoms with van der Waals surface area (Å²) in [6.45, 7) is -1.02. The van der Waals surface area contributed by atoms with Gasteiger partial charge in [0.1, 0.15) is 11.5 Å². The van der Waals surface area contributed by atoms with Crippen LogP contribution in [0.25, 0.3) is 0 Å². The first-order chi connectivity index (χ1) is 7.08. The molecule has 15 heavy (non-hydrogen) atoms. The Morgan fingerprint density at radius 2 is 2.00 bits per heavy atom. The predicted molar refractivity (Wildman–Crippen MR) is 54.0 cm³/mol. The highest BCUT2D eigenvalue weighted by Crippen LogP contribution is 2.33. The van der Waals surface area contributed by atoms with Gasteiger partial charge in [0.25, 0.3) is 0 Å². The minimum atomic E-state index is -2.85. The lowest BCUT2D eigenvalue weighted by Gasteiger charge is -2.12. The molecule has 0 radical (unpaired) electrons. The topological polar surface area (TPSA) is 18.5 Å². The third-order valence-electron chi connectivity index (χ3n) is 1.93. The van der Waals surface area contributed by atoms with E-state index in [1.165, 1.54) is 13.2 Å². The molecule has 5 heteroatoms. The first-order valence-corrected chi connectivity index (χ1v) is 4.77. The molecule has 0 heterocycles. The predicted octanol–water partition coefficient (Wildman–Crippen LogP) is 3.51. The van der Waals surface area contributed by atoms with Crippen molar-refractivity contribution in [2.75, 3.05) is 7.11 Å². The van der Waals surface area contributed by atoms with Gasteiger partial charge in [-0.1, -0.05) is 18.5 Å². The lowest BCUT2D eigenvalue weighted by molar-refractivity contribution is -0.0505. The number of benzene rings is 1. The van der Waals surface area contributed by atoms with Crippen molar-refractivity contribution < 1.29 is 18.3 Å². The summed E-state index contributed by atoms with van der Waals surface area (Å²) in [6.07, 6.45) is 0.561. The molecule has 0 atom stereocenters. The molecule has 2 nitrogen and oxygen atoms in total. The van der Waals surface area contributed by atoms with Crippen molar-refractivity contribution >= 4 is 11.6 Å². The maximum atomic E-state index is 12.1. The van der Waals surface area contributed by atoms with E-state index in [9.17, 15) is 8.78 Å². The fourth-order valence-electron chi connectivity index (χ4n) is 1.21. The monoisotopic (exact) mass is 236 g/mol. The van der Waals surface area contributed by atoms with Crippen molar-refractivity contribution in [3.05, 3.63) is 22.7 Å². The van der Waals surface area contributed by atoms with Crippen molar-refractivity contribution in [2.24, 2.45) is 0 Å². The molecular formula is C10H11ClF2O2. The molecule has 0 amide bonds. The number of alkyl halides is 2. The maximum Gasteiger partial charge on any atom is 0.387 e. The Morgan fingerprint density at radius 1 is 1.33 bits per heavy atom. The number of ether oxygens (including phenoxy) is 2. The quantitative estimate of drug-likeness (QED) is 0.797. The van der Waals surface area contributed by atoms with Gasteiger partial charge in [-0.25, -0.2) is 0 Å². The molecule has 0 N–H and O–H groups in total. The molecule has 1 aromatic carbocycles. The number of hydrogen-bond donors (Lipinski definition) is 0. The molecule has 0 saturated heterocycles. The van der Waals surface area contributed by atoms with Crippen LogP contribution in [0.2, 0.25) is 5.02 Å². The molecule has 0 unspecified atom stereocenters. The Hall–Kier alpha value is -1.03. The van der Waals surface area contributed by atoms with Gasteiger partial charge in [-0.3, -0.25) is 0 Å². The number of hydrogen-bond acceptors (Lipinski definition) is 2. The zero-order valence-corrected chi connectivity index (χ0v) is 9.15. The molecule has 0 fully saturated rings. The lowest BCUT2D eigenvalue weighted by Crippen LogP contribution is -2.04. The van der Waals surface area contributed by atoms with Gasteiger partial charge in [0.2, 0.25) is 0 Å². The summed E-state index contributed by atoms with van der Waals surface area (Å²) in [7, 11) is 1.42. The molecular weight excluding hydrogens is 226 g/mol. The summed E-state index contributed by atoms with van der Waals surface area (Å²) >= 11 is 5.85. The Labute approximate surface area is 91.8 Å². The largest absolute Gasteiger partial charge is 0.495 e. The first kappa shape index (κ1) is 12.0. The molecule has 0 saturated carbocycles. The van der Waals surface area contributed by atoms with E-state index in [4.69, 9.17) is 16.3 Å². The third kappa shape index (κ3) is 2.96. The van der Waals surface area contributed by atoms with Gasteiger partial charge in [0.15, 0.2) is 0 Å². The molecule has 0 aliphatic carbocycles. The van der Waals surface area contributed by atoms with Crippen LogP contribution in [-0.2, 0) is 6.42 Å². The summed E-state index contributed by atoms with van der Waals surface area (Å²) in [5.74, 6) is 0.429. The van der Waals surface area contributed by atoms with Gasteiger partial charge in [0.05, 0.1) is 12.1 Å². The third-order valence-corrected chi connectivity index (χ3v) is 2.23. The van der Waals surface area contributed by atoms with E-state index >= 15 is 0 Å². The summed E-state index contributed by atoms with van der Waals surface area (Å²) in [5.41, 5.74) is 0.626. The van der Waals surface area contributed by atoms with Crippen LogP contribution in [0.3, 0.4) is 0 Å². The van der Waals surface area contributed by atoms with Gasteiger partial charge < -0.3 is 9.47 Å². The Bertz CT molecular complexity index is 342. The van der Waals surface area contributed by atoms with E-state index in [0.29, 0.717) is 22.8 Å². The summed E-state index contributed by atoms with van der Waals surface area (Å²) in [6, 6.07) is 2.94. The first-order valence-electron chi connectivity index (χ1n) is 4.39. The van der Waals surface area contributed by atoms with E-state index in [2.05, 4.69) is 4.74 Å². The fourth-order valence-corrected chi connectivity index (χ4v) is 1.48. The molecule has 84 valence electrons. The standard InChI is InChI=1S/C10H11ClF2O2/c1-3-6-4-7(11)9(14-2)5-8(6)15-10(12)13/h4-5,10H,3H2,1-2H3. The van der Waals surface area contributed by atoms with Gasteiger partial charge in [-0.05, 0) is 18.1 Å². The van der Waals surface area contributed by atoms with E-state index in [1.54, 1.807) is 6.07 Å². The van der Waals surface area contributed by atoms with Crippen LogP contribution in [0.4, 0.5) is 8.78 Å². The zero-order chi connectivity index (χ0) is 11.4. The molecule has 0 aromatic heterocycles. The zero-order valence-electron chi connectivity index (χ0n) is 8.39. The van der Waals surface area contributed by atoms with Crippen molar-refractivity contribution in [2.45, 2.75) is 20.0 Å². The van der Waals surface area contributed by atoms with Crippen LogP contribution in [0.15, 0.2) is 12.1 Å². The highest BCUT2D eigenvalue weighted by molar-refractivity contribution is 6.32. The van der Waals surface area contributed by atoms with Gasteiger partial charge in [0, 0.05) is 6.07 Å². The second-order valence-electron chi connectivity index (χ2n) is 2.83. The van der Waals surface area contributed by atoms with Crippen molar-refractivity contribution in [3.8, 4) is 11.5 Å². The Balaban J connectivity index is 3.10. The number of methoxy groups -OCH3 is 1. The Morgan fingerprint density at radius 3 is 2.47 bits per heavy atom. The van der Waals surface area contributed by atoms with Crippen LogP contribution >= 0.6 is 11.6 Å². The minimum absolute atomic E-state index is 0.105. The van der Waals surface area contributed by atoms with E-state index in [1.807, 2.05) is 6.92 Å². The lowest BCUT2D eigenvalue weighted by atomic mass is 10.1. The molecule has 0 aliphatic rings. The fraction of sp³-hybridized carbons (Fsp3) is 0.400. The molecule has 0 aliphatic heterocycles. The minimum Gasteiger partial charge on any atom is -0.495 e. The summed E-state index contributed by atoms with van der Waals surface area (Å²) < 4.78 is 33.4. The number of rotatable bonds is 4. The van der Waals surface area contributed by atoms with Crippen LogP contribution in [-0.4, -0.2) is 13.7 Å². The van der Waals surface area contributed by atoms with Gasteiger partial charge in [-0.15, -0.1) is 0 Å². The average molecular weight is 237 g/mol. The molecule has 1 rings (SSSR count). The molecule has 0 bridgehead atoms. The van der Waals surface area contributed by atoms with E-state index in [-0.39, 0.29) is 5.75 Å². The molecule has 0 spiro atoms. The highest BCUT2D eigenvalue weighted by Gasteiger charge is 2.12. The normalized spacial score (nSPS) is 10.5. The molecule has 1 aromatic rings. The highest BCUT2D eigenvalue weighted by atomic mass is 35.5. The SMILES string of the molecule is CCc1cc(Cl)c(OC)cc1OC(F)F. The van der Waals surface area contributed by atoms with E-state index < -0.39 is 6.61 Å². The van der Waals surface area contributed by atoms with Crippen LogP contribution in [0.5, 0.6) is 11.5 Å². The van der Waals surface area contributed by atoms with Gasteiger partial charge >= 0.3 is 6.61 Å². The second-order valence-corrected chi connectivity index (χ2v) is 3.23. The maximum absolute atomic E-state index is 12.1. The van der Waals surface area contributed by atoms with Crippen LogP contribution < -0.4 is 9.47 Å². The summed E-state index contributed by atoms with van der Waals surface area (Å²) in [4.78, 5) is 0. The van der Waals surface area contributed by atoms with Crippen LogP contribution in [0, 0.1) is 0 Å². The number of aryl methyl sites for hydroxylation is 1. The Kier molecular flexibility index (Phi) is 4.15. The van der Waals surface area contributed by atoms with Gasteiger partial charge in [-0.2, -0.15) is 8.78 Å². The van der Waals surface area contributed by atoms with Crippen molar-refractivity contribution in [1.82, 2.24) is 0 Å². The van der Waals surface area contributed by atoms with E-state index in [0.717, 1.165) is 0 Å². The van der Waals surface area contributed by atoms with Crippen LogP contribution in [0.1, 0.15) is 12.5 Å². The average Bonchev–Trinajstić information content (AvgIpc) is 2.19. The number of halogens is 3. The van der Waals surface area contributed by atoms with Crippen molar-refractivity contribution in [3.63, 3.8) is 0 Å². The van der Waals surface area contributed by atoms with Crippen molar-refractivity contribution in [1.29, 1.82) is 0 Å². The second kappa shape index (κ2) is 5.16. The smallest absolute Gasteiger partial charge is 0.387 e.